The first-order chi connectivity index (χ1) is 35.5. The molecule has 0 fully saturated rings. The molecule has 6 aliphatic rings. The highest BCUT2D eigenvalue weighted by molar-refractivity contribution is 5.91. The molecular weight excluding hydrogens is 964 g/mol. The van der Waals surface area contributed by atoms with E-state index in [9.17, 15) is 14.4 Å². The van der Waals surface area contributed by atoms with E-state index in [0.29, 0.717) is 30.4 Å². The number of aliphatic carboxylic acids is 1. The quantitative estimate of drug-likeness (QED) is 0.0781. The van der Waals surface area contributed by atoms with E-state index in [4.69, 9.17) is 36.5 Å². The van der Waals surface area contributed by atoms with Crippen LogP contribution in [0.4, 0.5) is 34.5 Å². The van der Waals surface area contributed by atoms with Gasteiger partial charge in [0, 0.05) is 77.3 Å². The van der Waals surface area contributed by atoms with Gasteiger partial charge in [0.1, 0.15) is 34.7 Å². The summed E-state index contributed by atoms with van der Waals surface area (Å²) in [6.45, 7) is 2.20. The number of benzene rings is 3. The van der Waals surface area contributed by atoms with Gasteiger partial charge < -0.3 is 52.5 Å². The number of carboxylic acid groups (broad SMARTS) is 1. The van der Waals surface area contributed by atoms with Crippen LogP contribution in [0.2, 0.25) is 0 Å². The predicted molar refractivity (Wildman–Crippen MR) is 289 cm³/mol. The molecule has 0 bridgehead atoms. The van der Waals surface area contributed by atoms with Crippen molar-refractivity contribution in [2.45, 2.75) is 114 Å². The topological polar surface area (TPSA) is 278 Å². The van der Waals surface area contributed by atoms with Crippen molar-refractivity contribution in [3.8, 4) is 17.2 Å². The van der Waals surface area contributed by atoms with Crippen LogP contribution in [0.15, 0.2) is 54.6 Å². The number of aromatic nitrogens is 6. The number of hydrogen-bond donors (Lipinski definition) is 8. The Labute approximate surface area is 437 Å². The van der Waals surface area contributed by atoms with Crippen LogP contribution in [0.25, 0.3) is 0 Å². The van der Waals surface area contributed by atoms with Crippen LogP contribution in [0.5, 0.6) is 17.2 Å². The minimum Gasteiger partial charge on any atom is -0.497 e. The van der Waals surface area contributed by atoms with E-state index in [1.807, 2.05) is 48.5 Å². The highest BCUT2D eigenvalue weighted by Gasteiger charge is 2.34. The number of nitrogen functional groups attached to an aromatic ring is 3. The number of carbonyl (C=O) groups excluding carboxylic acids is 2. The molecule has 11 N–H and O–H groups in total. The van der Waals surface area contributed by atoms with Crippen LogP contribution in [0.3, 0.4) is 0 Å². The Bertz CT molecular complexity index is 2980. The Balaban J connectivity index is 0.000000137. The molecule has 0 saturated carbocycles. The van der Waals surface area contributed by atoms with Crippen LogP contribution in [-0.4, -0.2) is 93.6 Å². The Kier molecular flexibility index (Phi) is 16.9. The lowest BCUT2D eigenvalue weighted by atomic mass is 9.89. The number of fused-ring (bicyclic) bond motifs is 6. The second-order valence-electron chi connectivity index (χ2n) is 19.3. The normalized spacial score (nSPS) is 18.5. The van der Waals surface area contributed by atoms with Crippen LogP contribution in [-0.2, 0) is 43.3 Å². The number of aromatic amines is 1. The molecule has 3 aromatic heterocycles. The zero-order chi connectivity index (χ0) is 51.2. The monoisotopic (exact) mass is 1030 g/mol. The van der Waals surface area contributed by atoms with Crippen molar-refractivity contribution in [2.24, 2.45) is 0 Å². The number of carboxylic acids is 1. The van der Waals surface area contributed by atoms with E-state index in [1.54, 1.807) is 32.1 Å². The number of nitrogens with zero attached hydrogens (tertiary/aromatic N) is 5. The lowest BCUT2D eigenvalue weighted by Crippen LogP contribution is -2.29. The summed E-state index contributed by atoms with van der Waals surface area (Å²) in [5.74, 6) is 2.47. The first kappa shape index (κ1) is 52.9. The highest BCUT2D eigenvalue weighted by Crippen LogP contribution is 2.39. The molecule has 3 aromatic carbocycles. The molecular formula is C54H69ClN12O7. The number of anilines is 6. The summed E-state index contributed by atoms with van der Waals surface area (Å²) < 4.78 is 18.7. The van der Waals surface area contributed by atoms with Gasteiger partial charge in [-0.15, -0.1) is 17.5 Å². The first-order valence-corrected chi connectivity index (χ1v) is 25.6. The second-order valence-corrected chi connectivity index (χ2v) is 19.3. The van der Waals surface area contributed by atoms with Gasteiger partial charge in [0.05, 0.1) is 50.5 Å². The highest BCUT2D eigenvalue weighted by atomic mass is 35.5. The number of halogens is 1. The Morgan fingerprint density at radius 3 is 1.54 bits per heavy atom. The number of nitrogens with two attached hydrogens (primary N) is 3. The first-order valence-electron chi connectivity index (χ1n) is 25.6. The van der Waals surface area contributed by atoms with Crippen molar-refractivity contribution in [3.05, 3.63) is 105 Å². The number of rotatable bonds is 6. The van der Waals surface area contributed by atoms with Crippen LogP contribution in [0, 0.1) is 0 Å². The fraction of sp³-hybridized carbons (Fsp3) is 0.444. The van der Waals surface area contributed by atoms with Crippen LogP contribution < -0.4 is 47.4 Å². The Morgan fingerprint density at radius 2 is 1.03 bits per heavy atom. The average molecular weight is 1030 g/mol. The molecule has 0 saturated heterocycles. The summed E-state index contributed by atoms with van der Waals surface area (Å²) >= 11 is 0. The molecule has 20 heteroatoms. The fourth-order valence-electron chi connectivity index (χ4n) is 11.0. The van der Waals surface area contributed by atoms with Crippen molar-refractivity contribution < 1.29 is 33.7 Å². The maximum absolute atomic E-state index is 13.2. The van der Waals surface area contributed by atoms with Crippen molar-refractivity contribution >= 4 is 64.7 Å². The van der Waals surface area contributed by atoms with Gasteiger partial charge in [-0.3, -0.25) is 19.5 Å². The third-order valence-electron chi connectivity index (χ3n) is 15.0. The van der Waals surface area contributed by atoms with E-state index in [1.165, 1.54) is 28.8 Å². The van der Waals surface area contributed by atoms with E-state index < -0.39 is 11.9 Å². The SMILES string of the molecule is COc1ccc2c(c1)NCCC2C(=O)O.COc1ccc2c(c1)NCCC2C(=O)n1nc(N)c2c1CCCC2.COc1ccc2c(c1)NCCC2C(=O)n1nc2c(c1N)CCCC2.Cl.Nc1n[nH]c2c1CCCC2. The van der Waals surface area contributed by atoms with E-state index in [0.717, 1.165) is 164 Å². The lowest BCUT2D eigenvalue weighted by Gasteiger charge is -2.26. The molecule has 0 amide bonds. The number of methoxy groups -OCH3 is 3. The number of ether oxygens (including phenoxy) is 3. The van der Waals surface area contributed by atoms with Gasteiger partial charge in [-0.05, 0) is 131 Å². The predicted octanol–water partition coefficient (Wildman–Crippen LogP) is 8.16. The lowest BCUT2D eigenvalue weighted by molar-refractivity contribution is -0.139. The number of hydrogen-bond acceptors (Lipinski definition) is 15. The molecule has 3 aliphatic carbocycles. The molecule has 0 radical (unpaired) electrons. The summed E-state index contributed by atoms with van der Waals surface area (Å²) in [5.41, 5.74) is 30.2. The van der Waals surface area contributed by atoms with Crippen molar-refractivity contribution in [3.63, 3.8) is 0 Å². The molecule has 3 unspecified atom stereocenters. The third kappa shape index (κ3) is 11.1. The van der Waals surface area contributed by atoms with Gasteiger partial charge in [0.15, 0.2) is 0 Å². The van der Waals surface area contributed by atoms with Crippen LogP contribution in [0.1, 0.15) is 136 Å². The molecule has 394 valence electrons. The molecule has 6 aromatic rings. The van der Waals surface area contributed by atoms with E-state index >= 15 is 0 Å². The Morgan fingerprint density at radius 1 is 0.568 bits per heavy atom. The zero-order valence-electron chi connectivity index (χ0n) is 42.4. The molecule has 0 spiro atoms. The minimum absolute atomic E-state index is 0. The second kappa shape index (κ2) is 23.6. The van der Waals surface area contributed by atoms with Crippen molar-refractivity contribution in [1.29, 1.82) is 0 Å². The largest absolute Gasteiger partial charge is 0.497 e. The summed E-state index contributed by atoms with van der Waals surface area (Å²) in [6.07, 6.45) is 15.0. The van der Waals surface area contributed by atoms with Crippen molar-refractivity contribution in [1.82, 2.24) is 29.8 Å². The van der Waals surface area contributed by atoms with Crippen molar-refractivity contribution in [2.75, 3.05) is 74.1 Å². The maximum Gasteiger partial charge on any atom is 0.311 e. The molecule has 74 heavy (non-hydrogen) atoms. The molecule has 3 atom stereocenters. The van der Waals surface area contributed by atoms with Gasteiger partial charge in [-0.1, -0.05) is 18.2 Å². The molecule has 3 aliphatic heterocycles. The Hall–Kier alpha value is -7.41. The number of H-pyrrole nitrogens is 1. The average Bonchev–Trinajstić information content (AvgIpc) is 4.11. The molecule has 19 nitrogen and oxygen atoms in total. The fourth-order valence-corrected chi connectivity index (χ4v) is 11.0. The van der Waals surface area contributed by atoms with E-state index in [2.05, 4.69) is 36.3 Å². The smallest absolute Gasteiger partial charge is 0.311 e. The van der Waals surface area contributed by atoms with Gasteiger partial charge in [-0.25, -0.2) is 4.68 Å². The summed E-state index contributed by atoms with van der Waals surface area (Å²) in [5, 5.41) is 34.7. The summed E-state index contributed by atoms with van der Waals surface area (Å²) in [7, 11) is 4.88. The maximum atomic E-state index is 13.2. The van der Waals surface area contributed by atoms with Gasteiger partial charge in [0.2, 0.25) is 0 Å². The van der Waals surface area contributed by atoms with Gasteiger partial charge in [-0.2, -0.15) is 14.9 Å². The van der Waals surface area contributed by atoms with Crippen LogP contribution >= 0.6 is 12.4 Å². The molecule has 12 rings (SSSR count). The summed E-state index contributed by atoms with van der Waals surface area (Å²) in [6, 6.07) is 17.1. The third-order valence-corrected chi connectivity index (χ3v) is 15.0. The number of carbonyl (C=O) groups is 3. The minimum atomic E-state index is -0.761. The van der Waals surface area contributed by atoms with Gasteiger partial charge in [0.25, 0.3) is 11.8 Å². The number of nitrogens with one attached hydrogen (secondary N) is 4. The summed E-state index contributed by atoms with van der Waals surface area (Å²) in [4.78, 5) is 37.3. The van der Waals surface area contributed by atoms with Gasteiger partial charge >= 0.3 is 5.97 Å². The standard InChI is InChI=1S/2C18H22N4O2.C11H13NO3.C7H11N3.ClH/c1-24-11-6-7-12-13(8-9-20-15(12)10-11)18(23)22-16-5-3-2-4-14(16)17(19)21-22;1-24-11-6-7-12-13(8-9-20-16(12)10-11)18(23)22-17(19)14-4-2-3-5-15(14)21-22;1-15-7-2-3-8-9(11(13)14)4-5-12-10(8)6-7;8-7-5-3-1-2-4-6(5)9-10-7;/h6-7,10,13,20H,2-5,8-9H2,1H3,(H2,19,21);6-7,10,13,20H,2-5,8-9,19H2,1H3;2-3,6,9,12H,4-5H2,1H3,(H,13,14);1-4H2,(H3,8,9,10);1H. The zero-order valence-corrected chi connectivity index (χ0v) is 43.2. The van der Waals surface area contributed by atoms with E-state index in [-0.39, 0.29) is 36.1 Å². The number of aryl methyl sites for hydroxylation is 2. The molecule has 6 heterocycles.